The smallest absolute Gasteiger partial charge is 0.251 e. The molecule has 158 valence electrons. The van der Waals surface area contributed by atoms with Crippen LogP contribution in [-0.2, 0) is 6.54 Å². The first-order valence-electron chi connectivity index (χ1n) is 10.4. The van der Waals surface area contributed by atoms with Crippen molar-refractivity contribution in [2.45, 2.75) is 33.4 Å². The van der Waals surface area contributed by atoms with Gasteiger partial charge in [-0.3, -0.25) is 9.78 Å². The summed E-state index contributed by atoms with van der Waals surface area (Å²) in [5.41, 5.74) is 4.85. The van der Waals surface area contributed by atoms with Gasteiger partial charge in [0.1, 0.15) is 18.2 Å². The van der Waals surface area contributed by atoms with E-state index in [0.717, 1.165) is 28.2 Å². The minimum atomic E-state index is -0.270. The second kappa shape index (κ2) is 9.00. The Morgan fingerprint density at radius 1 is 1.06 bits per heavy atom. The van der Waals surface area contributed by atoms with E-state index in [1.165, 1.54) is 5.56 Å². The summed E-state index contributed by atoms with van der Waals surface area (Å²) >= 11 is 0. The molecule has 31 heavy (non-hydrogen) atoms. The molecule has 6 heteroatoms. The minimum Gasteiger partial charge on any atom is -0.491 e. The number of carbonyl (C=O) groups is 1. The molecule has 4 rings (SSSR count). The van der Waals surface area contributed by atoms with Crippen LogP contribution in [0.25, 0.3) is 11.0 Å². The third-order valence-electron chi connectivity index (χ3n) is 5.49. The zero-order chi connectivity index (χ0) is 21.8. The first-order chi connectivity index (χ1) is 15.0. The Bertz CT molecular complexity index is 1200. The molecule has 0 saturated heterocycles. The molecule has 0 radical (unpaired) electrons. The van der Waals surface area contributed by atoms with Gasteiger partial charge in [-0.15, -0.1) is 0 Å². The highest BCUT2D eigenvalue weighted by Crippen LogP contribution is 2.23. The van der Waals surface area contributed by atoms with Crippen LogP contribution in [0.3, 0.4) is 0 Å². The fourth-order valence-electron chi connectivity index (χ4n) is 3.63. The Morgan fingerprint density at radius 2 is 1.84 bits per heavy atom. The molecule has 1 atom stereocenters. The van der Waals surface area contributed by atoms with Gasteiger partial charge in [0.05, 0.1) is 23.6 Å². The van der Waals surface area contributed by atoms with Crippen molar-refractivity contribution in [3.63, 3.8) is 0 Å². The average molecular weight is 415 g/mol. The van der Waals surface area contributed by atoms with Gasteiger partial charge in [0, 0.05) is 18.0 Å². The predicted molar refractivity (Wildman–Crippen MR) is 121 cm³/mol. The molecule has 6 nitrogen and oxygen atoms in total. The molecule has 0 bridgehead atoms. The molecule has 0 spiro atoms. The molecule has 1 amide bonds. The van der Waals surface area contributed by atoms with Crippen molar-refractivity contribution < 1.29 is 9.53 Å². The van der Waals surface area contributed by atoms with Crippen LogP contribution in [0.2, 0.25) is 0 Å². The largest absolute Gasteiger partial charge is 0.491 e. The zero-order valence-corrected chi connectivity index (χ0v) is 18.0. The van der Waals surface area contributed by atoms with Crippen LogP contribution in [0.4, 0.5) is 0 Å². The number of amides is 1. The van der Waals surface area contributed by atoms with Crippen LogP contribution in [0.5, 0.6) is 5.75 Å². The van der Waals surface area contributed by atoms with Gasteiger partial charge in [-0.05, 0) is 62.2 Å². The Morgan fingerprint density at radius 3 is 2.65 bits per heavy atom. The summed E-state index contributed by atoms with van der Waals surface area (Å²) in [6, 6.07) is 17.2. The Kier molecular flexibility index (Phi) is 5.98. The molecule has 0 saturated carbocycles. The van der Waals surface area contributed by atoms with Crippen molar-refractivity contribution in [3.05, 3.63) is 89.5 Å². The summed E-state index contributed by atoms with van der Waals surface area (Å²) in [6.07, 6.45) is 3.22. The molecule has 0 aliphatic rings. The quantitative estimate of drug-likeness (QED) is 0.479. The van der Waals surface area contributed by atoms with Gasteiger partial charge in [0.2, 0.25) is 0 Å². The van der Waals surface area contributed by atoms with E-state index in [9.17, 15) is 4.79 Å². The molecular formula is C25H26N4O2. The number of nitrogens with one attached hydrogen (secondary N) is 1. The average Bonchev–Trinajstić information content (AvgIpc) is 3.16. The van der Waals surface area contributed by atoms with Crippen molar-refractivity contribution in [2.75, 3.05) is 6.61 Å². The summed E-state index contributed by atoms with van der Waals surface area (Å²) in [4.78, 5) is 21.4. The maximum absolute atomic E-state index is 12.6. The van der Waals surface area contributed by atoms with Crippen LogP contribution >= 0.6 is 0 Å². The van der Waals surface area contributed by atoms with Crippen LogP contribution in [0.1, 0.15) is 40.3 Å². The topological polar surface area (TPSA) is 69.0 Å². The van der Waals surface area contributed by atoms with Gasteiger partial charge in [0.25, 0.3) is 5.91 Å². The number of para-hydroxylation sites is 2. The Hall–Kier alpha value is -3.67. The molecule has 2 heterocycles. The molecule has 2 aromatic carbocycles. The minimum absolute atomic E-state index is 0.153. The predicted octanol–water partition coefficient (Wildman–Crippen LogP) is 4.62. The summed E-state index contributed by atoms with van der Waals surface area (Å²) < 4.78 is 8.21. The molecule has 1 unspecified atom stereocenters. The van der Waals surface area contributed by atoms with Crippen LogP contribution < -0.4 is 10.1 Å². The SMILES string of the molecule is Cc1cccc(OCCn2c(C(C)NC(=O)c3ccncc3)nc3ccccc32)c1C. The van der Waals surface area contributed by atoms with E-state index in [-0.39, 0.29) is 11.9 Å². The van der Waals surface area contributed by atoms with Crippen LogP contribution in [-0.4, -0.2) is 27.0 Å². The molecule has 1 N–H and O–H groups in total. The number of hydrogen-bond donors (Lipinski definition) is 1. The van der Waals surface area contributed by atoms with Crippen LogP contribution in [0, 0.1) is 13.8 Å². The number of fused-ring (bicyclic) bond motifs is 1. The number of hydrogen-bond acceptors (Lipinski definition) is 4. The van der Waals surface area contributed by atoms with Crippen molar-refractivity contribution in [2.24, 2.45) is 0 Å². The summed E-state index contributed by atoms with van der Waals surface area (Å²) in [5, 5.41) is 3.05. The summed E-state index contributed by atoms with van der Waals surface area (Å²) in [5.74, 6) is 1.54. The lowest BCUT2D eigenvalue weighted by Crippen LogP contribution is -2.29. The third kappa shape index (κ3) is 4.43. The second-order valence-corrected chi connectivity index (χ2v) is 7.59. The van der Waals surface area contributed by atoms with Crippen molar-refractivity contribution in [1.82, 2.24) is 19.9 Å². The zero-order valence-electron chi connectivity index (χ0n) is 18.0. The lowest BCUT2D eigenvalue weighted by atomic mass is 10.1. The fourth-order valence-corrected chi connectivity index (χ4v) is 3.63. The number of nitrogens with zero attached hydrogens (tertiary/aromatic N) is 3. The standard InChI is InChI=1S/C25H26N4O2/c1-17-7-6-10-23(18(17)2)31-16-15-29-22-9-5-4-8-21(22)28-24(29)19(3)27-25(30)20-11-13-26-14-12-20/h4-14,19H,15-16H2,1-3H3,(H,27,30). The van der Waals surface area contributed by atoms with E-state index in [2.05, 4.69) is 34.8 Å². The lowest BCUT2D eigenvalue weighted by Gasteiger charge is -2.17. The second-order valence-electron chi connectivity index (χ2n) is 7.59. The number of imidazole rings is 1. The number of ether oxygens (including phenoxy) is 1. The highest BCUT2D eigenvalue weighted by molar-refractivity contribution is 5.94. The van der Waals surface area contributed by atoms with Gasteiger partial charge >= 0.3 is 0 Å². The summed E-state index contributed by atoms with van der Waals surface area (Å²) in [6.45, 7) is 7.22. The van der Waals surface area contributed by atoms with Crippen LogP contribution in [0.15, 0.2) is 67.0 Å². The van der Waals surface area contributed by atoms with Crippen molar-refractivity contribution in [1.29, 1.82) is 0 Å². The number of carbonyl (C=O) groups excluding carboxylic acids is 1. The van der Waals surface area contributed by atoms with E-state index in [0.29, 0.717) is 18.7 Å². The lowest BCUT2D eigenvalue weighted by molar-refractivity contribution is 0.0937. The van der Waals surface area contributed by atoms with E-state index < -0.39 is 0 Å². The van der Waals surface area contributed by atoms with Gasteiger partial charge in [-0.2, -0.15) is 0 Å². The molecular weight excluding hydrogens is 388 g/mol. The van der Waals surface area contributed by atoms with E-state index in [1.54, 1.807) is 24.5 Å². The highest BCUT2D eigenvalue weighted by atomic mass is 16.5. The molecule has 0 fully saturated rings. The molecule has 0 aliphatic heterocycles. The maximum Gasteiger partial charge on any atom is 0.251 e. The number of aromatic nitrogens is 3. The van der Waals surface area contributed by atoms with E-state index >= 15 is 0 Å². The van der Waals surface area contributed by atoms with Gasteiger partial charge in [0.15, 0.2) is 0 Å². The number of aryl methyl sites for hydroxylation is 1. The highest BCUT2D eigenvalue weighted by Gasteiger charge is 2.19. The number of benzene rings is 2. The first kappa shape index (κ1) is 20.6. The fraction of sp³-hybridized carbons (Fsp3) is 0.240. The Labute approximate surface area is 181 Å². The number of pyridine rings is 1. The van der Waals surface area contributed by atoms with Gasteiger partial charge in [-0.1, -0.05) is 24.3 Å². The monoisotopic (exact) mass is 414 g/mol. The molecule has 0 aliphatic carbocycles. The van der Waals surface area contributed by atoms with Gasteiger partial charge < -0.3 is 14.6 Å². The first-order valence-corrected chi connectivity index (χ1v) is 10.4. The normalized spacial score (nSPS) is 12.0. The van der Waals surface area contributed by atoms with Gasteiger partial charge in [-0.25, -0.2) is 4.98 Å². The van der Waals surface area contributed by atoms with Crippen molar-refractivity contribution in [3.8, 4) is 5.75 Å². The van der Waals surface area contributed by atoms with E-state index in [1.807, 2.05) is 43.3 Å². The Balaban J connectivity index is 1.55. The van der Waals surface area contributed by atoms with E-state index in [4.69, 9.17) is 9.72 Å². The maximum atomic E-state index is 12.6. The molecule has 2 aromatic heterocycles. The molecule has 4 aromatic rings. The number of rotatable bonds is 7. The third-order valence-corrected chi connectivity index (χ3v) is 5.49. The van der Waals surface area contributed by atoms with Crippen molar-refractivity contribution >= 4 is 16.9 Å². The summed E-state index contributed by atoms with van der Waals surface area (Å²) in [7, 11) is 0.